The van der Waals surface area contributed by atoms with Gasteiger partial charge in [-0.05, 0) is 57.5 Å². The summed E-state index contributed by atoms with van der Waals surface area (Å²) in [5.74, 6) is 0.921. The Morgan fingerprint density at radius 1 is 1.00 bits per heavy atom. The molecule has 0 amide bonds. The molecule has 1 heterocycles. The van der Waals surface area contributed by atoms with Gasteiger partial charge in [-0.25, -0.2) is 0 Å². The van der Waals surface area contributed by atoms with E-state index in [0.717, 1.165) is 12.5 Å². The first-order valence-electron chi connectivity index (χ1n) is 7.72. The zero-order chi connectivity index (χ0) is 12.1. The third-order valence-corrected chi connectivity index (χ3v) is 5.11. The van der Waals surface area contributed by atoms with E-state index in [4.69, 9.17) is 5.73 Å². The van der Waals surface area contributed by atoms with Gasteiger partial charge >= 0.3 is 0 Å². The fourth-order valence-electron chi connectivity index (χ4n) is 3.67. The molecule has 2 rings (SSSR count). The van der Waals surface area contributed by atoms with Gasteiger partial charge < -0.3 is 5.73 Å². The minimum atomic E-state index is 0.365. The van der Waals surface area contributed by atoms with Gasteiger partial charge in [0, 0.05) is 12.1 Å². The summed E-state index contributed by atoms with van der Waals surface area (Å²) in [4.78, 5) is 2.76. The molecule has 2 aliphatic rings. The van der Waals surface area contributed by atoms with E-state index >= 15 is 0 Å². The SMILES string of the molecule is CC1CCC(CN)(N2CCCCCCC2)CC1. The van der Waals surface area contributed by atoms with Gasteiger partial charge in [0.25, 0.3) is 0 Å². The van der Waals surface area contributed by atoms with Crippen molar-refractivity contribution in [3.8, 4) is 0 Å². The normalized spacial score (nSPS) is 37.4. The second-order valence-electron chi connectivity index (χ2n) is 6.37. The van der Waals surface area contributed by atoms with Crippen molar-refractivity contribution in [2.24, 2.45) is 11.7 Å². The maximum absolute atomic E-state index is 6.16. The van der Waals surface area contributed by atoms with Crippen LogP contribution in [0.25, 0.3) is 0 Å². The smallest absolute Gasteiger partial charge is 0.0331 e. The van der Waals surface area contributed by atoms with Crippen molar-refractivity contribution in [3.05, 3.63) is 0 Å². The molecule has 0 atom stereocenters. The Balaban J connectivity index is 1.99. The number of nitrogens with zero attached hydrogens (tertiary/aromatic N) is 1. The van der Waals surface area contributed by atoms with E-state index in [1.54, 1.807) is 0 Å². The van der Waals surface area contributed by atoms with Crippen LogP contribution in [0.2, 0.25) is 0 Å². The van der Waals surface area contributed by atoms with Crippen LogP contribution in [0.1, 0.15) is 64.7 Å². The topological polar surface area (TPSA) is 29.3 Å². The fourth-order valence-corrected chi connectivity index (χ4v) is 3.67. The van der Waals surface area contributed by atoms with Crippen molar-refractivity contribution in [1.82, 2.24) is 4.90 Å². The third-order valence-electron chi connectivity index (χ3n) is 5.11. The predicted octanol–water partition coefficient (Wildman–Crippen LogP) is 3.16. The van der Waals surface area contributed by atoms with E-state index < -0.39 is 0 Å². The Hall–Kier alpha value is -0.0800. The molecule has 0 radical (unpaired) electrons. The van der Waals surface area contributed by atoms with Crippen LogP contribution in [0.15, 0.2) is 0 Å². The van der Waals surface area contributed by atoms with Crippen LogP contribution >= 0.6 is 0 Å². The minimum Gasteiger partial charge on any atom is -0.329 e. The van der Waals surface area contributed by atoms with Gasteiger partial charge in [0.2, 0.25) is 0 Å². The average Bonchev–Trinajstić information content (AvgIpc) is 2.31. The lowest BCUT2D eigenvalue weighted by molar-refractivity contribution is 0.0382. The summed E-state index contributed by atoms with van der Waals surface area (Å²) in [5.41, 5.74) is 6.53. The summed E-state index contributed by atoms with van der Waals surface area (Å²) in [7, 11) is 0. The molecule has 100 valence electrons. The molecule has 2 N–H and O–H groups in total. The Kier molecular flexibility index (Phi) is 4.87. The molecule has 0 aromatic rings. The highest BCUT2D eigenvalue weighted by Crippen LogP contribution is 2.36. The van der Waals surface area contributed by atoms with E-state index in [2.05, 4.69) is 11.8 Å². The quantitative estimate of drug-likeness (QED) is 0.800. The largest absolute Gasteiger partial charge is 0.329 e. The molecule has 2 fully saturated rings. The van der Waals surface area contributed by atoms with Gasteiger partial charge in [-0.2, -0.15) is 0 Å². The van der Waals surface area contributed by atoms with E-state index in [-0.39, 0.29) is 0 Å². The molecule has 1 saturated carbocycles. The van der Waals surface area contributed by atoms with Crippen molar-refractivity contribution in [2.45, 2.75) is 70.3 Å². The molecule has 1 saturated heterocycles. The van der Waals surface area contributed by atoms with Gasteiger partial charge in [-0.1, -0.05) is 26.2 Å². The summed E-state index contributed by atoms with van der Waals surface area (Å²) >= 11 is 0. The highest BCUT2D eigenvalue weighted by atomic mass is 15.2. The van der Waals surface area contributed by atoms with Gasteiger partial charge in [-0.15, -0.1) is 0 Å². The van der Waals surface area contributed by atoms with Crippen LogP contribution in [0.5, 0.6) is 0 Å². The van der Waals surface area contributed by atoms with Crippen LogP contribution in [-0.2, 0) is 0 Å². The molecule has 1 aliphatic carbocycles. The van der Waals surface area contributed by atoms with Crippen LogP contribution in [0, 0.1) is 5.92 Å². The number of rotatable bonds is 2. The molecular weight excluding hydrogens is 208 g/mol. The second-order valence-corrected chi connectivity index (χ2v) is 6.37. The van der Waals surface area contributed by atoms with Crippen LogP contribution < -0.4 is 5.73 Å². The average molecular weight is 238 g/mol. The second kappa shape index (κ2) is 6.19. The summed E-state index contributed by atoms with van der Waals surface area (Å²) < 4.78 is 0. The fraction of sp³-hybridized carbons (Fsp3) is 1.00. The maximum Gasteiger partial charge on any atom is 0.0331 e. The van der Waals surface area contributed by atoms with Crippen molar-refractivity contribution in [2.75, 3.05) is 19.6 Å². The van der Waals surface area contributed by atoms with Crippen LogP contribution in [-0.4, -0.2) is 30.1 Å². The van der Waals surface area contributed by atoms with Crippen molar-refractivity contribution >= 4 is 0 Å². The van der Waals surface area contributed by atoms with Gasteiger partial charge in [0.05, 0.1) is 0 Å². The molecule has 0 unspecified atom stereocenters. The number of likely N-dealkylation sites (tertiary alicyclic amines) is 1. The third kappa shape index (κ3) is 3.23. The van der Waals surface area contributed by atoms with E-state index in [9.17, 15) is 0 Å². The van der Waals surface area contributed by atoms with Gasteiger partial charge in [0.15, 0.2) is 0 Å². The highest BCUT2D eigenvalue weighted by Gasteiger charge is 2.37. The Morgan fingerprint density at radius 2 is 1.53 bits per heavy atom. The lowest BCUT2D eigenvalue weighted by atomic mass is 9.75. The zero-order valence-corrected chi connectivity index (χ0v) is 11.6. The number of hydrogen-bond acceptors (Lipinski definition) is 2. The van der Waals surface area contributed by atoms with E-state index in [1.165, 1.54) is 70.9 Å². The van der Waals surface area contributed by atoms with Crippen molar-refractivity contribution < 1.29 is 0 Å². The molecule has 0 spiro atoms. The zero-order valence-electron chi connectivity index (χ0n) is 11.6. The van der Waals surface area contributed by atoms with Crippen LogP contribution in [0.3, 0.4) is 0 Å². The number of hydrogen-bond donors (Lipinski definition) is 1. The summed E-state index contributed by atoms with van der Waals surface area (Å²) in [6.07, 6.45) is 12.5. The summed E-state index contributed by atoms with van der Waals surface area (Å²) in [6.45, 7) is 5.87. The first kappa shape index (κ1) is 13.4. The van der Waals surface area contributed by atoms with Gasteiger partial charge in [-0.3, -0.25) is 4.90 Å². The lowest BCUT2D eigenvalue weighted by Gasteiger charge is -2.48. The molecule has 17 heavy (non-hydrogen) atoms. The van der Waals surface area contributed by atoms with Gasteiger partial charge in [0.1, 0.15) is 0 Å². The maximum atomic E-state index is 6.16. The van der Waals surface area contributed by atoms with E-state index in [1.807, 2.05) is 0 Å². The van der Waals surface area contributed by atoms with Crippen LogP contribution in [0.4, 0.5) is 0 Å². The molecule has 2 heteroatoms. The Labute approximate surface area is 107 Å². The number of nitrogens with two attached hydrogens (primary N) is 1. The Bertz CT molecular complexity index is 211. The highest BCUT2D eigenvalue weighted by molar-refractivity contribution is 4.95. The van der Waals surface area contributed by atoms with Crippen molar-refractivity contribution in [1.29, 1.82) is 0 Å². The molecule has 0 aromatic carbocycles. The predicted molar refractivity (Wildman–Crippen MR) is 74.1 cm³/mol. The molecule has 1 aliphatic heterocycles. The molecule has 0 bridgehead atoms. The van der Waals surface area contributed by atoms with Crippen molar-refractivity contribution in [3.63, 3.8) is 0 Å². The minimum absolute atomic E-state index is 0.365. The molecule has 0 aromatic heterocycles. The first-order chi connectivity index (χ1) is 8.27. The summed E-state index contributed by atoms with van der Waals surface area (Å²) in [6, 6.07) is 0. The standard InChI is InChI=1S/C15H30N2/c1-14-7-9-15(13-16,10-8-14)17-11-5-3-2-4-6-12-17/h14H,2-13,16H2,1H3. The lowest BCUT2D eigenvalue weighted by Crippen LogP contribution is -2.56. The Morgan fingerprint density at radius 3 is 2.06 bits per heavy atom. The molecular formula is C15H30N2. The van der Waals surface area contributed by atoms with E-state index in [0.29, 0.717) is 5.54 Å². The monoisotopic (exact) mass is 238 g/mol. The molecule has 2 nitrogen and oxygen atoms in total. The first-order valence-corrected chi connectivity index (χ1v) is 7.72. The summed E-state index contributed by atoms with van der Waals surface area (Å²) in [5, 5.41) is 0.